The lowest BCUT2D eigenvalue weighted by molar-refractivity contribution is -0.117. The van der Waals surface area contributed by atoms with Gasteiger partial charge in [-0.3, -0.25) is 14.6 Å². The molecule has 2 aromatic rings. The number of methoxy groups -OCH3 is 1. The van der Waals surface area contributed by atoms with Gasteiger partial charge in [0.25, 0.3) is 5.91 Å². The van der Waals surface area contributed by atoms with E-state index in [-0.39, 0.29) is 30.1 Å². The lowest BCUT2D eigenvalue weighted by Gasteiger charge is -2.20. The van der Waals surface area contributed by atoms with Crippen molar-refractivity contribution in [1.29, 1.82) is 0 Å². The van der Waals surface area contributed by atoms with Crippen LogP contribution in [-0.2, 0) is 17.6 Å². The largest absolute Gasteiger partial charge is 0.495 e. The summed E-state index contributed by atoms with van der Waals surface area (Å²) in [5, 5.41) is 3.38. The molecule has 2 rings (SSSR count). The van der Waals surface area contributed by atoms with Crippen LogP contribution in [0.25, 0.3) is 0 Å². The standard InChI is InChI=1S/C20H22BrClN2O3/c1-20(2,3)24-19(26)17-8-12(5-6-23-17)7-15(25)10-13-9-14(22)11-16(21)18(13)27-4/h5-6,8-9,11H,7,10H2,1-4H3,(H,24,26). The van der Waals surface area contributed by atoms with E-state index in [2.05, 4.69) is 26.2 Å². The number of Topliss-reactive ketones (excluding diaryl/α,β-unsaturated/α-hetero) is 1. The molecule has 1 amide bonds. The molecule has 0 radical (unpaired) electrons. The average molecular weight is 454 g/mol. The molecule has 7 heteroatoms. The third-order valence-corrected chi connectivity index (χ3v) is 4.43. The van der Waals surface area contributed by atoms with Crippen LogP contribution in [0, 0.1) is 0 Å². The highest BCUT2D eigenvalue weighted by Crippen LogP contribution is 2.33. The Balaban J connectivity index is 2.13. The summed E-state index contributed by atoms with van der Waals surface area (Å²) in [5.74, 6) is 0.306. The Morgan fingerprint density at radius 3 is 2.56 bits per heavy atom. The first-order chi connectivity index (χ1) is 12.6. The highest BCUT2D eigenvalue weighted by Gasteiger charge is 2.18. The van der Waals surface area contributed by atoms with Gasteiger partial charge < -0.3 is 10.1 Å². The minimum Gasteiger partial charge on any atom is -0.495 e. The topological polar surface area (TPSA) is 68.3 Å². The quantitative estimate of drug-likeness (QED) is 0.704. The Morgan fingerprint density at radius 2 is 1.93 bits per heavy atom. The van der Waals surface area contributed by atoms with Gasteiger partial charge in [0.05, 0.1) is 11.6 Å². The van der Waals surface area contributed by atoms with Gasteiger partial charge in [-0.1, -0.05) is 11.6 Å². The first-order valence-corrected chi connectivity index (χ1v) is 9.57. The number of halogens is 2. The molecule has 1 heterocycles. The van der Waals surface area contributed by atoms with E-state index in [0.29, 0.717) is 26.5 Å². The third-order valence-electron chi connectivity index (χ3n) is 3.62. The van der Waals surface area contributed by atoms with Crippen LogP contribution in [0.2, 0.25) is 5.02 Å². The van der Waals surface area contributed by atoms with Crippen molar-refractivity contribution >= 4 is 39.2 Å². The van der Waals surface area contributed by atoms with Crippen molar-refractivity contribution in [3.8, 4) is 5.75 Å². The van der Waals surface area contributed by atoms with E-state index in [1.165, 1.54) is 6.20 Å². The molecule has 0 aliphatic rings. The highest BCUT2D eigenvalue weighted by atomic mass is 79.9. The molecule has 0 saturated heterocycles. The Bertz CT molecular complexity index is 863. The molecule has 0 unspecified atom stereocenters. The van der Waals surface area contributed by atoms with Gasteiger partial charge in [0, 0.05) is 35.2 Å². The van der Waals surface area contributed by atoms with Gasteiger partial charge in [0.1, 0.15) is 17.2 Å². The van der Waals surface area contributed by atoms with Gasteiger partial charge in [-0.25, -0.2) is 0 Å². The predicted molar refractivity (Wildman–Crippen MR) is 110 cm³/mol. The van der Waals surface area contributed by atoms with Crippen molar-refractivity contribution in [2.75, 3.05) is 7.11 Å². The number of hydrogen-bond donors (Lipinski definition) is 1. The molecule has 0 fully saturated rings. The van der Waals surface area contributed by atoms with Gasteiger partial charge in [-0.05, 0) is 66.5 Å². The normalized spacial score (nSPS) is 11.2. The lowest BCUT2D eigenvalue weighted by Crippen LogP contribution is -2.40. The summed E-state index contributed by atoms with van der Waals surface area (Å²) in [6.45, 7) is 5.69. The van der Waals surface area contributed by atoms with Crippen LogP contribution in [-0.4, -0.2) is 29.3 Å². The third kappa shape index (κ3) is 6.33. The molecule has 0 bridgehead atoms. The smallest absolute Gasteiger partial charge is 0.270 e. The van der Waals surface area contributed by atoms with Gasteiger partial charge >= 0.3 is 0 Å². The molecule has 0 atom stereocenters. The van der Waals surface area contributed by atoms with E-state index < -0.39 is 0 Å². The van der Waals surface area contributed by atoms with Crippen LogP contribution in [0.15, 0.2) is 34.9 Å². The van der Waals surface area contributed by atoms with Crippen molar-refractivity contribution in [2.45, 2.75) is 39.2 Å². The highest BCUT2D eigenvalue weighted by molar-refractivity contribution is 9.10. The fourth-order valence-electron chi connectivity index (χ4n) is 2.59. The fourth-order valence-corrected chi connectivity index (χ4v) is 3.62. The van der Waals surface area contributed by atoms with Crippen LogP contribution >= 0.6 is 27.5 Å². The number of ether oxygens (including phenoxy) is 1. The first kappa shape index (κ1) is 21.4. The van der Waals surface area contributed by atoms with Crippen molar-refractivity contribution < 1.29 is 14.3 Å². The Morgan fingerprint density at radius 1 is 1.22 bits per heavy atom. The second-order valence-electron chi connectivity index (χ2n) is 7.23. The van der Waals surface area contributed by atoms with E-state index in [1.807, 2.05) is 20.8 Å². The van der Waals surface area contributed by atoms with Gasteiger partial charge in [-0.2, -0.15) is 0 Å². The molecule has 1 aromatic heterocycles. The van der Waals surface area contributed by atoms with E-state index in [1.54, 1.807) is 31.4 Å². The number of ketones is 1. The Labute approximate surface area is 172 Å². The number of nitrogens with zero attached hydrogens (tertiary/aromatic N) is 1. The summed E-state index contributed by atoms with van der Waals surface area (Å²) in [6.07, 6.45) is 1.90. The molecule has 27 heavy (non-hydrogen) atoms. The maximum absolute atomic E-state index is 12.5. The van der Waals surface area contributed by atoms with Crippen LogP contribution in [0.5, 0.6) is 5.75 Å². The number of carbonyl (C=O) groups excluding carboxylic acids is 2. The van der Waals surface area contributed by atoms with Crippen LogP contribution in [0.1, 0.15) is 42.4 Å². The number of carbonyl (C=O) groups is 2. The maximum atomic E-state index is 12.5. The zero-order chi connectivity index (χ0) is 20.2. The van der Waals surface area contributed by atoms with Gasteiger partial charge in [0.15, 0.2) is 0 Å². The Kier molecular flexibility index (Phi) is 7.00. The summed E-state index contributed by atoms with van der Waals surface area (Å²) >= 11 is 9.47. The molecule has 5 nitrogen and oxygen atoms in total. The minimum absolute atomic E-state index is 0.0177. The zero-order valence-corrected chi connectivity index (χ0v) is 18.1. The molecule has 1 N–H and O–H groups in total. The fraction of sp³-hybridized carbons (Fsp3) is 0.350. The van der Waals surface area contributed by atoms with Crippen molar-refractivity contribution in [1.82, 2.24) is 10.3 Å². The van der Waals surface area contributed by atoms with Crippen LogP contribution in [0.3, 0.4) is 0 Å². The zero-order valence-electron chi connectivity index (χ0n) is 15.7. The number of amides is 1. The molecule has 144 valence electrons. The summed E-state index contributed by atoms with van der Waals surface area (Å²) in [6, 6.07) is 6.82. The predicted octanol–water partition coefficient (Wildman–Crippen LogP) is 4.39. The SMILES string of the molecule is COc1c(Br)cc(Cl)cc1CC(=O)Cc1ccnc(C(=O)NC(C)(C)C)c1. The molecule has 0 aliphatic heterocycles. The summed E-state index contributed by atoms with van der Waals surface area (Å²) < 4.78 is 6.06. The van der Waals surface area contributed by atoms with E-state index in [0.717, 1.165) is 5.56 Å². The summed E-state index contributed by atoms with van der Waals surface area (Å²) in [7, 11) is 1.55. The molecule has 0 saturated carbocycles. The summed E-state index contributed by atoms with van der Waals surface area (Å²) in [5.41, 5.74) is 1.37. The first-order valence-electron chi connectivity index (χ1n) is 8.40. The van der Waals surface area contributed by atoms with E-state index in [4.69, 9.17) is 16.3 Å². The molecular formula is C20H22BrClN2O3. The number of benzene rings is 1. The Hall–Kier alpha value is -1.92. The van der Waals surface area contributed by atoms with Crippen LogP contribution < -0.4 is 10.1 Å². The van der Waals surface area contributed by atoms with Crippen molar-refractivity contribution in [3.63, 3.8) is 0 Å². The van der Waals surface area contributed by atoms with E-state index >= 15 is 0 Å². The minimum atomic E-state index is -0.360. The number of rotatable bonds is 6. The number of aromatic nitrogens is 1. The number of pyridine rings is 1. The number of hydrogen-bond acceptors (Lipinski definition) is 4. The second kappa shape index (κ2) is 8.85. The van der Waals surface area contributed by atoms with Crippen molar-refractivity contribution in [3.05, 3.63) is 56.8 Å². The van der Waals surface area contributed by atoms with Crippen molar-refractivity contribution in [2.24, 2.45) is 0 Å². The monoisotopic (exact) mass is 452 g/mol. The second-order valence-corrected chi connectivity index (χ2v) is 8.52. The maximum Gasteiger partial charge on any atom is 0.270 e. The van der Waals surface area contributed by atoms with E-state index in [9.17, 15) is 9.59 Å². The van der Waals surface area contributed by atoms with Crippen LogP contribution in [0.4, 0.5) is 0 Å². The molecular weight excluding hydrogens is 432 g/mol. The lowest BCUT2D eigenvalue weighted by atomic mass is 10.0. The molecule has 0 aliphatic carbocycles. The summed E-state index contributed by atoms with van der Waals surface area (Å²) in [4.78, 5) is 28.9. The number of nitrogens with one attached hydrogen (secondary N) is 1. The molecule has 1 aromatic carbocycles. The molecule has 0 spiro atoms. The van der Waals surface area contributed by atoms with Gasteiger partial charge in [-0.15, -0.1) is 0 Å². The van der Waals surface area contributed by atoms with Gasteiger partial charge in [0.2, 0.25) is 0 Å². The average Bonchev–Trinajstić information content (AvgIpc) is 2.53.